The van der Waals surface area contributed by atoms with Crippen molar-refractivity contribution >= 4 is 5.78 Å². The third-order valence-corrected chi connectivity index (χ3v) is 2.69. The number of ketones is 1. The van der Waals surface area contributed by atoms with Crippen molar-refractivity contribution in [3.05, 3.63) is 11.8 Å². The maximum atomic E-state index is 11.2. The van der Waals surface area contributed by atoms with Crippen LogP contribution in [0.2, 0.25) is 0 Å². The molecule has 0 aromatic heterocycles. The van der Waals surface area contributed by atoms with Crippen LogP contribution in [0.4, 0.5) is 0 Å². The third-order valence-electron chi connectivity index (χ3n) is 2.69. The molecule has 0 unspecified atom stereocenters. The predicted molar refractivity (Wildman–Crippen MR) is 47.7 cm³/mol. The monoisotopic (exact) mass is 165 g/mol. The van der Waals surface area contributed by atoms with Crippen LogP contribution in [0.15, 0.2) is 11.8 Å². The first-order valence-electron chi connectivity index (χ1n) is 4.82. The molecule has 0 spiro atoms. The Hall–Kier alpha value is -0.790. The van der Waals surface area contributed by atoms with E-state index < -0.39 is 0 Å². The first-order chi connectivity index (χ1) is 5.86. The van der Waals surface area contributed by atoms with Gasteiger partial charge in [-0.3, -0.25) is 4.79 Å². The fraction of sp³-hybridized carbons (Fsp3) is 0.700. The van der Waals surface area contributed by atoms with Crippen molar-refractivity contribution in [1.29, 1.82) is 0 Å². The molecule has 12 heavy (non-hydrogen) atoms. The highest BCUT2D eigenvalue weighted by Crippen LogP contribution is 2.22. The molecule has 1 aliphatic heterocycles. The van der Waals surface area contributed by atoms with E-state index in [0.29, 0.717) is 12.2 Å². The summed E-state index contributed by atoms with van der Waals surface area (Å²) in [5.74, 6) is 0.416. The quantitative estimate of drug-likeness (QED) is 0.589. The summed E-state index contributed by atoms with van der Waals surface area (Å²) in [4.78, 5) is 13.5. The molecular formula is C10H15NO. The Balaban J connectivity index is 2.02. The normalized spacial score (nSPS) is 24.5. The molecule has 0 aromatic carbocycles. The average Bonchev–Trinajstić information content (AvgIpc) is 2.56. The highest BCUT2D eigenvalue weighted by atomic mass is 16.1. The van der Waals surface area contributed by atoms with Gasteiger partial charge in [-0.2, -0.15) is 0 Å². The van der Waals surface area contributed by atoms with E-state index in [1.807, 2.05) is 0 Å². The lowest BCUT2D eigenvalue weighted by Crippen LogP contribution is -2.22. The van der Waals surface area contributed by atoms with E-state index in [0.717, 1.165) is 12.8 Å². The van der Waals surface area contributed by atoms with E-state index in [1.54, 1.807) is 0 Å². The minimum atomic E-state index is 0.416. The van der Waals surface area contributed by atoms with Gasteiger partial charge in [-0.25, -0.2) is 0 Å². The van der Waals surface area contributed by atoms with Crippen molar-refractivity contribution in [2.24, 2.45) is 0 Å². The van der Waals surface area contributed by atoms with Crippen LogP contribution in [0.5, 0.6) is 0 Å². The van der Waals surface area contributed by atoms with Crippen LogP contribution in [-0.2, 0) is 4.79 Å². The Morgan fingerprint density at radius 2 is 2.00 bits per heavy atom. The van der Waals surface area contributed by atoms with Crippen molar-refractivity contribution in [2.45, 2.75) is 32.1 Å². The van der Waals surface area contributed by atoms with Gasteiger partial charge >= 0.3 is 0 Å². The summed E-state index contributed by atoms with van der Waals surface area (Å²) in [5.41, 5.74) is 1.30. The van der Waals surface area contributed by atoms with Crippen molar-refractivity contribution in [3.8, 4) is 0 Å². The van der Waals surface area contributed by atoms with Gasteiger partial charge in [0.25, 0.3) is 0 Å². The van der Waals surface area contributed by atoms with Gasteiger partial charge in [-0.1, -0.05) is 6.08 Å². The Morgan fingerprint density at radius 3 is 2.67 bits per heavy atom. The first-order valence-corrected chi connectivity index (χ1v) is 4.82. The minimum absolute atomic E-state index is 0.416. The summed E-state index contributed by atoms with van der Waals surface area (Å²) >= 11 is 0. The van der Waals surface area contributed by atoms with Crippen LogP contribution in [-0.4, -0.2) is 23.8 Å². The lowest BCUT2D eigenvalue weighted by Gasteiger charge is -2.23. The van der Waals surface area contributed by atoms with Gasteiger partial charge < -0.3 is 4.90 Å². The molecule has 1 saturated heterocycles. The smallest absolute Gasteiger partial charge is 0.139 e. The summed E-state index contributed by atoms with van der Waals surface area (Å²) in [6.07, 6.45) is 7.26. The number of nitrogens with zero attached hydrogens (tertiary/aromatic N) is 1. The van der Waals surface area contributed by atoms with Gasteiger partial charge in [0, 0.05) is 31.6 Å². The molecule has 0 N–H and O–H groups in total. The maximum Gasteiger partial charge on any atom is 0.139 e. The van der Waals surface area contributed by atoms with Crippen LogP contribution in [0.25, 0.3) is 0 Å². The van der Waals surface area contributed by atoms with Crippen LogP contribution >= 0.6 is 0 Å². The zero-order valence-electron chi connectivity index (χ0n) is 7.38. The highest BCUT2D eigenvalue weighted by molar-refractivity contribution is 5.81. The lowest BCUT2D eigenvalue weighted by molar-refractivity contribution is -0.119. The largest absolute Gasteiger partial charge is 0.375 e. The van der Waals surface area contributed by atoms with Gasteiger partial charge in [0.1, 0.15) is 5.78 Å². The van der Waals surface area contributed by atoms with Gasteiger partial charge in [-0.15, -0.1) is 0 Å². The molecular weight excluding hydrogens is 150 g/mol. The molecule has 1 aliphatic carbocycles. The number of carbonyl (C=O) groups is 1. The number of hydrogen-bond acceptors (Lipinski definition) is 2. The van der Waals surface area contributed by atoms with E-state index in [2.05, 4.69) is 11.0 Å². The molecule has 2 nitrogen and oxygen atoms in total. The first kappa shape index (κ1) is 7.84. The van der Waals surface area contributed by atoms with Crippen molar-refractivity contribution in [1.82, 2.24) is 4.90 Å². The Kier molecular flexibility index (Phi) is 2.15. The zero-order chi connectivity index (χ0) is 8.39. The van der Waals surface area contributed by atoms with Gasteiger partial charge in [0.15, 0.2) is 0 Å². The highest BCUT2D eigenvalue weighted by Gasteiger charge is 2.19. The molecule has 1 fully saturated rings. The fourth-order valence-electron chi connectivity index (χ4n) is 2.01. The molecule has 0 bridgehead atoms. The van der Waals surface area contributed by atoms with E-state index in [-0.39, 0.29) is 0 Å². The summed E-state index contributed by atoms with van der Waals surface area (Å²) in [6, 6.07) is 0. The second kappa shape index (κ2) is 3.30. The number of carbonyl (C=O) groups excluding carboxylic acids is 1. The van der Waals surface area contributed by atoms with Gasteiger partial charge in [0.05, 0.1) is 0 Å². The average molecular weight is 165 g/mol. The Morgan fingerprint density at radius 1 is 1.25 bits per heavy atom. The molecule has 2 rings (SSSR count). The molecule has 66 valence electrons. The molecule has 0 aromatic rings. The van der Waals surface area contributed by atoms with E-state index in [9.17, 15) is 4.79 Å². The third kappa shape index (κ3) is 1.52. The molecule has 1 heterocycles. The molecule has 2 heteroatoms. The summed E-state index contributed by atoms with van der Waals surface area (Å²) in [6.45, 7) is 2.33. The van der Waals surface area contributed by atoms with E-state index in [1.165, 1.54) is 31.6 Å². The molecule has 0 radical (unpaired) electrons. The lowest BCUT2D eigenvalue weighted by atomic mass is 10.0. The fourth-order valence-corrected chi connectivity index (χ4v) is 2.01. The predicted octanol–water partition coefficient (Wildman–Crippen LogP) is 1.72. The SMILES string of the molecule is O=C1CCC=C(N2CCCC2)C1. The van der Waals surface area contributed by atoms with Gasteiger partial charge in [-0.05, 0) is 19.3 Å². The number of rotatable bonds is 1. The second-order valence-corrected chi connectivity index (χ2v) is 3.64. The van der Waals surface area contributed by atoms with Crippen LogP contribution < -0.4 is 0 Å². The zero-order valence-corrected chi connectivity index (χ0v) is 7.38. The van der Waals surface area contributed by atoms with Crippen LogP contribution in [0.1, 0.15) is 32.1 Å². The van der Waals surface area contributed by atoms with Crippen molar-refractivity contribution in [2.75, 3.05) is 13.1 Å². The summed E-state index contributed by atoms with van der Waals surface area (Å²) in [7, 11) is 0. The van der Waals surface area contributed by atoms with E-state index >= 15 is 0 Å². The Labute approximate surface area is 73.2 Å². The molecule has 2 aliphatic rings. The number of likely N-dealkylation sites (tertiary alicyclic amines) is 1. The molecule has 0 amide bonds. The van der Waals surface area contributed by atoms with Crippen LogP contribution in [0.3, 0.4) is 0 Å². The minimum Gasteiger partial charge on any atom is -0.375 e. The second-order valence-electron chi connectivity index (χ2n) is 3.64. The standard InChI is InChI=1S/C10H15NO/c12-10-5-3-4-9(8-10)11-6-1-2-7-11/h4H,1-3,5-8H2. The summed E-state index contributed by atoms with van der Waals surface area (Å²) < 4.78 is 0. The van der Waals surface area contributed by atoms with E-state index in [4.69, 9.17) is 0 Å². The number of hydrogen-bond donors (Lipinski definition) is 0. The number of allylic oxidation sites excluding steroid dienone is 2. The molecule has 0 saturated carbocycles. The number of Topliss-reactive ketones (excluding diaryl/α,β-unsaturated/α-hetero) is 1. The van der Waals surface area contributed by atoms with Crippen molar-refractivity contribution < 1.29 is 4.79 Å². The van der Waals surface area contributed by atoms with Gasteiger partial charge in [0.2, 0.25) is 0 Å². The Bertz CT molecular complexity index is 214. The van der Waals surface area contributed by atoms with Crippen molar-refractivity contribution in [3.63, 3.8) is 0 Å². The van der Waals surface area contributed by atoms with Crippen LogP contribution in [0, 0.1) is 0 Å². The topological polar surface area (TPSA) is 20.3 Å². The maximum absolute atomic E-state index is 11.2. The molecule has 0 atom stereocenters. The summed E-state index contributed by atoms with van der Waals surface area (Å²) in [5, 5.41) is 0.